The summed E-state index contributed by atoms with van der Waals surface area (Å²) in [6.45, 7) is 1.34. The lowest BCUT2D eigenvalue weighted by Gasteiger charge is -2.41. The molecule has 0 aromatic carbocycles. The number of carbonyl (C=O) groups excluding carboxylic acids is 1. The zero-order chi connectivity index (χ0) is 20.8. The van der Waals surface area contributed by atoms with Gasteiger partial charge in [-0.2, -0.15) is 10.1 Å². The van der Waals surface area contributed by atoms with Crippen molar-refractivity contribution in [1.82, 2.24) is 30.2 Å². The molecule has 4 heterocycles. The van der Waals surface area contributed by atoms with Crippen molar-refractivity contribution in [1.29, 1.82) is 0 Å². The summed E-state index contributed by atoms with van der Waals surface area (Å²) in [5.74, 6) is 2.37. The Morgan fingerprint density at radius 1 is 1.26 bits per heavy atom. The molecule has 2 saturated carbocycles. The van der Waals surface area contributed by atoms with Crippen molar-refractivity contribution in [2.24, 2.45) is 5.92 Å². The minimum atomic E-state index is -0.277. The Morgan fingerprint density at radius 3 is 2.94 bits per heavy atom. The number of amides is 1. The summed E-state index contributed by atoms with van der Waals surface area (Å²) in [6, 6.07) is 7.58. The van der Waals surface area contributed by atoms with Crippen LogP contribution in [-0.4, -0.2) is 49.2 Å². The number of hydrogen-bond acceptors (Lipinski definition) is 6. The summed E-state index contributed by atoms with van der Waals surface area (Å²) in [5, 5.41) is 11.8. The largest absolute Gasteiger partial charge is 0.336 e. The molecule has 1 saturated heterocycles. The Kier molecular flexibility index (Phi) is 4.40. The lowest BCUT2D eigenvalue weighted by molar-refractivity contribution is 0.0601. The van der Waals surface area contributed by atoms with Crippen molar-refractivity contribution in [2.45, 2.75) is 56.3 Å². The zero-order valence-corrected chi connectivity index (χ0v) is 17.5. The Morgan fingerprint density at radius 2 is 2.16 bits per heavy atom. The standard InChI is InChI=1S/C23H26N6O2/c30-21(19-12-18(26-27-19)16-7-8-16)29-11-3-9-23(14-29,13-15-5-6-15)22-25-20(31-28-22)17-4-1-2-10-24-17/h1-2,4,10,12,15-16H,3,5-9,11,13-14H2,(H,26,27). The van der Waals surface area contributed by atoms with E-state index in [1.54, 1.807) is 6.20 Å². The molecule has 0 bridgehead atoms. The average molecular weight is 419 g/mol. The SMILES string of the molecule is O=C(c1cc(C2CC2)[nH]n1)N1CCCC(CC2CC2)(c2noc(-c3ccccn3)n2)C1. The fourth-order valence-corrected chi connectivity index (χ4v) is 4.86. The summed E-state index contributed by atoms with van der Waals surface area (Å²) in [4.78, 5) is 24.3. The molecule has 8 heteroatoms. The molecule has 2 aliphatic carbocycles. The van der Waals surface area contributed by atoms with Gasteiger partial charge in [0.25, 0.3) is 11.8 Å². The van der Waals surface area contributed by atoms with E-state index < -0.39 is 0 Å². The number of aromatic amines is 1. The Balaban J connectivity index is 1.28. The molecule has 6 rings (SSSR count). The van der Waals surface area contributed by atoms with Gasteiger partial charge in [0, 0.05) is 30.9 Å². The molecule has 3 aliphatic rings. The van der Waals surface area contributed by atoms with Gasteiger partial charge >= 0.3 is 0 Å². The summed E-state index contributed by atoms with van der Waals surface area (Å²) < 4.78 is 5.60. The normalized spacial score (nSPS) is 23.8. The van der Waals surface area contributed by atoms with E-state index >= 15 is 0 Å². The van der Waals surface area contributed by atoms with Gasteiger partial charge in [-0.05, 0) is 56.2 Å². The second-order valence-electron chi connectivity index (χ2n) is 9.38. The molecule has 3 fully saturated rings. The highest BCUT2D eigenvalue weighted by atomic mass is 16.5. The highest BCUT2D eigenvalue weighted by molar-refractivity contribution is 5.92. The number of nitrogens with zero attached hydrogens (tertiary/aromatic N) is 5. The number of carbonyl (C=O) groups is 1. The first-order chi connectivity index (χ1) is 15.2. The van der Waals surface area contributed by atoms with E-state index in [-0.39, 0.29) is 11.3 Å². The molecule has 1 unspecified atom stereocenters. The van der Waals surface area contributed by atoms with Crippen LogP contribution in [0, 0.1) is 5.92 Å². The molecule has 1 aliphatic heterocycles. The van der Waals surface area contributed by atoms with Crippen LogP contribution < -0.4 is 0 Å². The second-order valence-corrected chi connectivity index (χ2v) is 9.38. The smallest absolute Gasteiger partial charge is 0.276 e. The third-order valence-electron chi connectivity index (χ3n) is 6.86. The molecule has 8 nitrogen and oxygen atoms in total. The van der Waals surface area contributed by atoms with Gasteiger partial charge in [-0.3, -0.25) is 14.9 Å². The number of nitrogens with one attached hydrogen (secondary N) is 1. The topological polar surface area (TPSA) is 101 Å². The number of piperidine rings is 1. The van der Waals surface area contributed by atoms with Crippen molar-refractivity contribution < 1.29 is 9.32 Å². The van der Waals surface area contributed by atoms with Crippen molar-refractivity contribution in [2.75, 3.05) is 13.1 Å². The van der Waals surface area contributed by atoms with Crippen molar-refractivity contribution in [3.05, 3.63) is 47.7 Å². The van der Waals surface area contributed by atoms with Gasteiger partial charge in [0.15, 0.2) is 5.82 Å². The van der Waals surface area contributed by atoms with Gasteiger partial charge in [0.1, 0.15) is 11.4 Å². The number of aromatic nitrogens is 5. The molecule has 3 aromatic rings. The average Bonchev–Trinajstić information content (AvgIpc) is 3.72. The molecule has 160 valence electrons. The molecule has 31 heavy (non-hydrogen) atoms. The van der Waals surface area contributed by atoms with Crippen LogP contribution in [0.4, 0.5) is 0 Å². The fourth-order valence-electron chi connectivity index (χ4n) is 4.86. The monoisotopic (exact) mass is 418 g/mol. The maximum absolute atomic E-state index is 13.3. The maximum Gasteiger partial charge on any atom is 0.276 e. The molecule has 0 spiro atoms. The Hall–Kier alpha value is -3.03. The van der Waals surface area contributed by atoms with Crippen LogP contribution in [0.5, 0.6) is 0 Å². The first-order valence-electron chi connectivity index (χ1n) is 11.3. The third kappa shape index (κ3) is 3.64. The van der Waals surface area contributed by atoms with Gasteiger partial charge in [-0.1, -0.05) is 24.1 Å². The number of rotatable bonds is 6. The number of hydrogen-bond donors (Lipinski definition) is 1. The van der Waals surface area contributed by atoms with Gasteiger partial charge < -0.3 is 9.42 Å². The van der Waals surface area contributed by atoms with Gasteiger partial charge in [-0.15, -0.1) is 0 Å². The predicted molar refractivity (Wildman–Crippen MR) is 112 cm³/mol. The van der Waals surface area contributed by atoms with Crippen LogP contribution in [0.1, 0.15) is 72.9 Å². The van der Waals surface area contributed by atoms with Crippen LogP contribution in [-0.2, 0) is 5.41 Å². The van der Waals surface area contributed by atoms with E-state index in [0.29, 0.717) is 41.5 Å². The predicted octanol–water partition coefficient (Wildman–Crippen LogP) is 3.71. The van der Waals surface area contributed by atoms with E-state index in [1.165, 1.54) is 25.7 Å². The quantitative estimate of drug-likeness (QED) is 0.655. The van der Waals surface area contributed by atoms with Crippen LogP contribution >= 0.6 is 0 Å². The Labute approximate surface area is 180 Å². The van der Waals surface area contributed by atoms with Crippen LogP contribution in [0.3, 0.4) is 0 Å². The minimum Gasteiger partial charge on any atom is -0.336 e. The minimum absolute atomic E-state index is 0.00327. The number of H-pyrrole nitrogens is 1. The third-order valence-corrected chi connectivity index (χ3v) is 6.86. The van der Waals surface area contributed by atoms with E-state index in [1.807, 2.05) is 29.2 Å². The second kappa shape index (κ2) is 7.28. The van der Waals surface area contributed by atoms with Crippen LogP contribution in [0.25, 0.3) is 11.6 Å². The van der Waals surface area contributed by atoms with Gasteiger partial charge in [0.05, 0.1) is 5.41 Å². The summed E-state index contributed by atoms with van der Waals surface area (Å²) in [6.07, 6.45) is 9.44. The molecule has 1 amide bonds. The first-order valence-corrected chi connectivity index (χ1v) is 11.3. The molecule has 0 radical (unpaired) electrons. The molecular weight excluding hydrogens is 392 g/mol. The van der Waals surface area contributed by atoms with E-state index in [4.69, 9.17) is 9.51 Å². The van der Waals surface area contributed by atoms with Crippen molar-refractivity contribution in [3.8, 4) is 11.6 Å². The summed E-state index contributed by atoms with van der Waals surface area (Å²) in [7, 11) is 0. The van der Waals surface area contributed by atoms with E-state index in [2.05, 4.69) is 20.3 Å². The first kappa shape index (κ1) is 18.7. The van der Waals surface area contributed by atoms with Gasteiger partial charge in [-0.25, -0.2) is 0 Å². The number of likely N-dealkylation sites (tertiary alicyclic amines) is 1. The highest BCUT2D eigenvalue weighted by Gasteiger charge is 2.46. The van der Waals surface area contributed by atoms with Crippen molar-refractivity contribution in [3.63, 3.8) is 0 Å². The van der Waals surface area contributed by atoms with Gasteiger partial charge in [0.2, 0.25) is 0 Å². The summed E-state index contributed by atoms with van der Waals surface area (Å²) in [5.41, 5.74) is 2.01. The lowest BCUT2D eigenvalue weighted by atomic mass is 9.74. The summed E-state index contributed by atoms with van der Waals surface area (Å²) >= 11 is 0. The molecule has 3 aromatic heterocycles. The highest BCUT2D eigenvalue weighted by Crippen LogP contribution is 2.46. The molecular formula is C23H26N6O2. The molecule has 1 atom stereocenters. The van der Waals surface area contributed by atoms with Crippen LogP contribution in [0.15, 0.2) is 35.0 Å². The van der Waals surface area contributed by atoms with Crippen molar-refractivity contribution >= 4 is 5.91 Å². The molecule has 1 N–H and O–H groups in total. The lowest BCUT2D eigenvalue weighted by Crippen LogP contribution is -2.49. The van der Waals surface area contributed by atoms with E-state index in [9.17, 15) is 4.79 Å². The fraction of sp³-hybridized carbons (Fsp3) is 0.522. The maximum atomic E-state index is 13.3. The Bertz CT molecular complexity index is 1080. The van der Waals surface area contributed by atoms with E-state index in [0.717, 1.165) is 31.5 Å². The van der Waals surface area contributed by atoms with Crippen LogP contribution in [0.2, 0.25) is 0 Å². The number of pyridine rings is 1. The zero-order valence-electron chi connectivity index (χ0n) is 17.5.